The Morgan fingerprint density at radius 2 is 2.20 bits per heavy atom. The molecule has 1 fully saturated rings. The van der Waals surface area contributed by atoms with E-state index in [4.69, 9.17) is 0 Å². The van der Waals surface area contributed by atoms with Crippen LogP contribution < -0.4 is 5.32 Å². The first kappa shape index (κ1) is 14.5. The van der Waals surface area contributed by atoms with E-state index in [1.807, 2.05) is 4.90 Å². The van der Waals surface area contributed by atoms with Gasteiger partial charge in [-0.3, -0.25) is 4.79 Å². The summed E-state index contributed by atoms with van der Waals surface area (Å²) in [6.07, 6.45) is 3.89. The van der Waals surface area contributed by atoms with E-state index >= 15 is 0 Å². The summed E-state index contributed by atoms with van der Waals surface area (Å²) in [5.74, 6) is 1.99. The van der Waals surface area contributed by atoms with Crippen molar-refractivity contribution in [1.82, 2.24) is 14.9 Å². The average molecular weight is 274 g/mol. The zero-order valence-electron chi connectivity index (χ0n) is 12.2. The number of piperidine rings is 1. The number of amides is 1. The summed E-state index contributed by atoms with van der Waals surface area (Å²) in [6, 6.07) is 1.72. The van der Waals surface area contributed by atoms with Crippen LogP contribution in [0.2, 0.25) is 0 Å². The lowest BCUT2D eigenvalue weighted by Gasteiger charge is -2.30. The highest BCUT2D eigenvalue weighted by atomic mass is 16.2. The van der Waals surface area contributed by atoms with Crippen molar-refractivity contribution in [2.75, 3.05) is 25.0 Å². The molecule has 5 heteroatoms. The summed E-state index contributed by atoms with van der Waals surface area (Å²) in [4.78, 5) is 22.9. The summed E-state index contributed by atoms with van der Waals surface area (Å²) in [5.41, 5.74) is 0.471. The Bertz CT molecular complexity index is 493. The highest BCUT2D eigenvalue weighted by molar-refractivity contribution is 5.93. The van der Waals surface area contributed by atoms with Gasteiger partial charge in [0.15, 0.2) is 0 Å². The molecular formula is C15H22N4O. The first-order valence-corrected chi connectivity index (χ1v) is 7.10. The van der Waals surface area contributed by atoms with Crippen LogP contribution in [0.25, 0.3) is 0 Å². The third kappa shape index (κ3) is 3.56. The Hall–Kier alpha value is -1.91. The molecule has 0 saturated carbocycles. The molecule has 1 aromatic heterocycles. The number of carbonyl (C=O) groups is 1. The van der Waals surface area contributed by atoms with Gasteiger partial charge in [0.05, 0.1) is 0 Å². The van der Waals surface area contributed by atoms with Crippen LogP contribution in [0.15, 0.2) is 18.7 Å². The van der Waals surface area contributed by atoms with E-state index in [-0.39, 0.29) is 5.91 Å². The van der Waals surface area contributed by atoms with Crippen molar-refractivity contribution in [2.24, 2.45) is 5.92 Å². The molecular weight excluding hydrogens is 252 g/mol. The Kier molecular flexibility index (Phi) is 4.71. The lowest BCUT2D eigenvalue weighted by atomic mass is 9.99. The summed E-state index contributed by atoms with van der Waals surface area (Å²) < 4.78 is 0. The number of nitrogens with zero attached hydrogens (tertiary/aromatic N) is 3. The van der Waals surface area contributed by atoms with Gasteiger partial charge >= 0.3 is 0 Å². The average Bonchev–Trinajstić information content (AvgIpc) is 2.44. The third-order valence-corrected chi connectivity index (χ3v) is 3.56. The quantitative estimate of drug-likeness (QED) is 0.856. The Morgan fingerprint density at radius 1 is 1.50 bits per heavy atom. The molecule has 2 rings (SSSR count). The van der Waals surface area contributed by atoms with E-state index in [0.29, 0.717) is 29.8 Å². The molecule has 0 atom stereocenters. The lowest BCUT2D eigenvalue weighted by molar-refractivity contribution is 0.0691. The molecule has 108 valence electrons. The van der Waals surface area contributed by atoms with Crippen molar-refractivity contribution in [2.45, 2.75) is 26.7 Å². The minimum absolute atomic E-state index is 0.00375. The van der Waals surface area contributed by atoms with E-state index in [1.54, 1.807) is 19.1 Å². The molecule has 0 radical (unpaired) electrons. The van der Waals surface area contributed by atoms with Crippen LogP contribution in [0.4, 0.5) is 5.82 Å². The van der Waals surface area contributed by atoms with Crippen LogP contribution in [0, 0.1) is 12.8 Å². The molecule has 20 heavy (non-hydrogen) atoms. The van der Waals surface area contributed by atoms with E-state index < -0.39 is 0 Å². The maximum Gasteiger partial charge on any atom is 0.272 e. The molecule has 0 aromatic carbocycles. The molecule has 0 aliphatic carbocycles. The fourth-order valence-electron chi connectivity index (χ4n) is 2.32. The number of likely N-dealkylation sites (tertiary alicyclic amines) is 1. The molecule has 1 aliphatic heterocycles. The SMILES string of the molecule is C=CCNc1cc(C(=O)N2CCC(C)CC2)nc(C)n1. The number of rotatable bonds is 4. The summed E-state index contributed by atoms with van der Waals surface area (Å²) in [6.45, 7) is 9.94. The molecule has 1 N–H and O–H groups in total. The van der Waals surface area contributed by atoms with Gasteiger partial charge in [0.1, 0.15) is 17.3 Å². The standard InChI is InChI=1S/C15H22N4O/c1-4-7-16-14-10-13(17-12(3)18-14)15(20)19-8-5-11(2)6-9-19/h4,10-11H,1,5-9H2,2-3H3,(H,16,17,18). The maximum atomic E-state index is 12.5. The summed E-state index contributed by atoms with van der Waals surface area (Å²) in [7, 11) is 0. The molecule has 0 spiro atoms. The number of hydrogen-bond donors (Lipinski definition) is 1. The third-order valence-electron chi connectivity index (χ3n) is 3.56. The molecule has 5 nitrogen and oxygen atoms in total. The van der Waals surface area contributed by atoms with Crippen LogP contribution in [0.1, 0.15) is 36.1 Å². The van der Waals surface area contributed by atoms with Crippen molar-refractivity contribution in [3.8, 4) is 0 Å². The van der Waals surface area contributed by atoms with E-state index in [9.17, 15) is 4.79 Å². The van der Waals surface area contributed by atoms with Crippen LogP contribution in [0.5, 0.6) is 0 Å². The number of carbonyl (C=O) groups excluding carboxylic acids is 1. The van der Waals surface area contributed by atoms with Gasteiger partial charge in [-0.15, -0.1) is 6.58 Å². The zero-order chi connectivity index (χ0) is 14.5. The van der Waals surface area contributed by atoms with Gasteiger partial charge in [0.25, 0.3) is 5.91 Å². The fraction of sp³-hybridized carbons (Fsp3) is 0.533. The minimum Gasteiger partial charge on any atom is -0.366 e. The molecule has 2 heterocycles. The van der Waals surface area contributed by atoms with Crippen LogP contribution in [-0.4, -0.2) is 40.4 Å². The monoisotopic (exact) mass is 274 g/mol. The predicted molar refractivity (Wildman–Crippen MR) is 79.8 cm³/mol. The van der Waals surface area contributed by atoms with Gasteiger partial charge in [0.2, 0.25) is 0 Å². The molecule has 0 unspecified atom stereocenters. The molecule has 1 aliphatic rings. The topological polar surface area (TPSA) is 58.1 Å². The van der Waals surface area contributed by atoms with Gasteiger partial charge in [0, 0.05) is 25.7 Å². The number of aryl methyl sites for hydroxylation is 1. The number of anilines is 1. The van der Waals surface area contributed by atoms with Gasteiger partial charge in [-0.05, 0) is 25.7 Å². The number of aromatic nitrogens is 2. The largest absolute Gasteiger partial charge is 0.366 e. The zero-order valence-corrected chi connectivity index (χ0v) is 12.2. The lowest BCUT2D eigenvalue weighted by Crippen LogP contribution is -2.38. The Balaban J connectivity index is 2.12. The minimum atomic E-state index is 0.00375. The first-order valence-electron chi connectivity index (χ1n) is 7.10. The fourth-order valence-corrected chi connectivity index (χ4v) is 2.32. The molecule has 1 aromatic rings. The Morgan fingerprint density at radius 3 is 2.85 bits per heavy atom. The second-order valence-electron chi connectivity index (χ2n) is 5.33. The van der Waals surface area contributed by atoms with Gasteiger partial charge in [-0.1, -0.05) is 13.0 Å². The van der Waals surface area contributed by atoms with Crippen molar-refractivity contribution < 1.29 is 4.79 Å². The van der Waals surface area contributed by atoms with Gasteiger partial charge < -0.3 is 10.2 Å². The second kappa shape index (κ2) is 6.50. The molecule has 1 amide bonds. The highest BCUT2D eigenvalue weighted by Gasteiger charge is 2.22. The number of hydrogen-bond acceptors (Lipinski definition) is 4. The summed E-state index contributed by atoms with van der Waals surface area (Å²) in [5, 5.41) is 3.10. The highest BCUT2D eigenvalue weighted by Crippen LogP contribution is 2.18. The summed E-state index contributed by atoms with van der Waals surface area (Å²) >= 11 is 0. The van der Waals surface area contributed by atoms with Crippen molar-refractivity contribution >= 4 is 11.7 Å². The van der Waals surface area contributed by atoms with Gasteiger partial charge in [-0.25, -0.2) is 9.97 Å². The van der Waals surface area contributed by atoms with Crippen LogP contribution in [-0.2, 0) is 0 Å². The normalized spacial score (nSPS) is 16.0. The van der Waals surface area contributed by atoms with Crippen LogP contribution in [0.3, 0.4) is 0 Å². The first-order chi connectivity index (χ1) is 9.60. The smallest absolute Gasteiger partial charge is 0.272 e. The van der Waals surface area contributed by atoms with Crippen LogP contribution >= 0.6 is 0 Å². The molecule has 1 saturated heterocycles. The maximum absolute atomic E-state index is 12.5. The number of nitrogens with one attached hydrogen (secondary N) is 1. The van der Waals surface area contributed by atoms with Crippen molar-refractivity contribution in [3.63, 3.8) is 0 Å². The van der Waals surface area contributed by atoms with E-state index in [1.165, 1.54) is 0 Å². The predicted octanol–water partition coefficient (Wildman–Crippen LogP) is 2.26. The Labute approximate surface area is 120 Å². The van der Waals surface area contributed by atoms with Crippen molar-refractivity contribution in [3.05, 3.63) is 30.2 Å². The second-order valence-corrected chi connectivity index (χ2v) is 5.33. The molecule has 0 bridgehead atoms. The van der Waals surface area contributed by atoms with E-state index in [2.05, 4.69) is 28.8 Å². The van der Waals surface area contributed by atoms with Gasteiger partial charge in [-0.2, -0.15) is 0 Å². The van der Waals surface area contributed by atoms with E-state index in [0.717, 1.165) is 25.9 Å². The van der Waals surface area contributed by atoms with Crippen molar-refractivity contribution in [1.29, 1.82) is 0 Å².